The first-order valence-electron chi connectivity index (χ1n) is 3.36. The Labute approximate surface area is 61.7 Å². The Kier molecular flexibility index (Phi) is 4.98. The highest BCUT2D eigenvalue weighted by atomic mass is 16.7. The van der Waals surface area contributed by atoms with Gasteiger partial charge >= 0.3 is 0 Å². The fourth-order valence-electron chi connectivity index (χ4n) is 0.290. The second-order valence-corrected chi connectivity index (χ2v) is 2.18. The fourth-order valence-corrected chi connectivity index (χ4v) is 0.290. The number of hydrogen-bond donors (Lipinski definition) is 2. The van der Waals surface area contributed by atoms with E-state index in [1.54, 1.807) is 6.92 Å². The Morgan fingerprint density at radius 1 is 1.80 bits per heavy atom. The van der Waals surface area contributed by atoms with Crippen molar-refractivity contribution in [2.24, 2.45) is 0 Å². The molecule has 0 aromatic heterocycles. The van der Waals surface area contributed by atoms with Crippen molar-refractivity contribution >= 4 is 0 Å². The van der Waals surface area contributed by atoms with Gasteiger partial charge in [-0.25, -0.2) is 0 Å². The third-order valence-electron chi connectivity index (χ3n) is 1.11. The van der Waals surface area contributed by atoms with Crippen LogP contribution in [0.25, 0.3) is 0 Å². The summed E-state index contributed by atoms with van der Waals surface area (Å²) in [6.45, 7) is 5.62. The molecular formula is C7H15NO2. The first-order valence-corrected chi connectivity index (χ1v) is 3.36. The highest BCUT2D eigenvalue weighted by Crippen LogP contribution is 1.89. The summed E-state index contributed by atoms with van der Waals surface area (Å²) in [5.41, 5.74) is 3.63. The summed E-state index contributed by atoms with van der Waals surface area (Å²) in [6, 6.07) is 0. The summed E-state index contributed by atoms with van der Waals surface area (Å²) in [5, 5.41) is 8.54. The van der Waals surface area contributed by atoms with E-state index >= 15 is 0 Å². The predicted molar refractivity (Wildman–Crippen MR) is 40.2 cm³/mol. The Bertz CT molecular complexity index is 112. The minimum absolute atomic E-state index is 0.0317. The van der Waals surface area contributed by atoms with Crippen LogP contribution < -0.4 is 5.48 Å². The van der Waals surface area contributed by atoms with Gasteiger partial charge in [0.25, 0.3) is 0 Å². The van der Waals surface area contributed by atoms with E-state index in [0.717, 1.165) is 5.70 Å². The molecule has 3 heteroatoms. The molecule has 60 valence electrons. The van der Waals surface area contributed by atoms with Crippen LogP contribution in [0.3, 0.4) is 0 Å². The number of nitrogens with one attached hydrogen (secondary N) is 1. The van der Waals surface area contributed by atoms with Crippen molar-refractivity contribution in [2.45, 2.75) is 26.9 Å². The molecule has 0 aliphatic heterocycles. The lowest BCUT2D eigenvalue weighted by atomic mass is 10.4. The van der Waals surface area contributed by atoms with Crippen LogP contribution in [-0.4, -0.2) is 17.8 Å². The summed E-state index contributed by atoms with van der Waals surface area (Å²) in [6.07, 6.45) is 1.74. The molecule has 0 saturated carbocycles. The molecule has 10 heavy (non-hydrogen) atoms. The summed E-state index contributed by atoms with van der Waals surface area (Å²) >= 11 is 0. The number of aliphatic hydroxyl groups is 1. The maximum Gasteiger partial charge on any atom is 0.106 e. The van der Waals surface area contributed by atoms with Gasteiger partial charge in [-0.3, -0.25) is 10.3 Å². The van der Waals surface area contributed by atoms with Gasteiger partial charge in [-0.05, 0) is 20.8 Å². The first kappa shape index (κ1) is 9.46. The molecule has 0 rings (SSSR count). The molecule has 0 radical (unpaired) electrons. The maximum atomic E-state index is 8.54. The van der Waals surface area contributed by atoms with Gasteiger partial charge in [-0.2, -0.15) is 0 Å². The molecule has 1 atom stereocenters. The standard InChI is InChI=1S/C7H15NO2/c1-4-6(2)8-10-7(3)5-9/h4,7-9H,5H2,1-3H3. The number of allylic oxidation sites excluding steroid dienone is 2. The van der Waals surface area contributed by atoms with Crippen LogP contribution in [0.4, 0.5) is 0 Å². The molecule has 0 fully saturated rings. The quantitative estimate of drug-likeness (QED) is 0.575. The third-order valence-corrected chi connectivity index (χ3v) is 1.11. The maximum absolute atomic E-state index is 8.54. The third kappa shape index (κ3) is 4.35. The molecule has 0 saturated heterocycles. The molecule has 0 aliphatic carbocycles. The molecule has 0 aromatic rings. The van der Waals surface area contributed by atoms with E-state index in [9.17, 15) is 0 Å². The van der Waals surface area contributed by atoms with Crippen LogP contribution >= 0.6 is 0 Å². The first-order chi connectivity index (χ1) is 4.70. The monoisotopic (exact) mass is 145 g/mol. The second-order valence-electron chi connectivity index (χ2n) is 2.18. The summed E-state index contributed by atoms with van der Waals surface area (Å²) < 4.78 is 0. The van der Waals surface area contributed by atoms with E-state index in [-0.39, 0.29) is 12.7 Å². The zero-order valence-electron chi connectivity index (χ0n) is 6.72. The van der Waals surface area contributed by atoms with Gasteiger partial charge in [0.1, 0.15) is 6.10 Å². The van der Waals surface area contributed by atoms with Gasteiger partial charge in [0.15, 0.2) is 0 Å². The molecule has 0 aliphatic rings. The van der Waals surface area contributed by atoms with Crippen molar-refractivity contribution in [1.82, 2.24) is 5.48 Å². The van der Waals surface area contributed by atoms with Gasteiger partial charge in [0.05, 0.1) is 6.61 Å². The van der Waals surface area contributed by atoms with Gasteiger partial charge < -0.3 is 5.11 Å². The van der Waals surface area contributed by atoms with Crippen molar-refractivity contribution in [2.75, 3.05) is 6.61 Å². The van der Waals surface area contributed by atoms with Gasteiger partial charge in [0, 0.05) is 5.70 Å². The van der Waals surface area contributed by atoms with Crippen LogP contribution in [0.5, 0.6) is 0 Å². The molecular weight excluding hydrogens is 130 g/mol. The van der Waals surface area contributed by atoms with Gasteiger partial charge in [-0.15, -0.1) is 0 Å². The van der Waals surface area contributed by atoms with Crippen molar-refractivity contribution in [1.29, 1.82) is 0 Å². The average molecular weight is 145 g/mol. The lowest BCUT2D eigenvalue weighted by molar-refractivity contribution is -0.0258. The largest absolute Gasteiger partial charge is 0.394 e. The van der Waals surface area contributed by atoms with Crippen LogP contribution in [0.1, 0.15) is 20.8 Å². The zero-order valence-corrected chi connectivity index (χ0v) is 6.72. The minimum atomic E-state index is -0.158. The van der Waals surface area contributed by atoms with Gasteiger partial charge in [-0.1, -0.05) is 6.08 Å². The van der Waals surface area contributed by atoms with E-state index in [1.807, 2.05) is 19.9 Å². The Balaban J connectivity index is 3.35. The number of rotatable bonds is 4. The highest BCUT2D eigenvalue weighted by molar-refractivity contribution is 4.88. The predicted octanol–water partition coefficient (Wildman–Crippen LogP) is 0.812. The topological polar surface area (TPSA) is 41.5 Å². The molecule has 2 N–H and O–H groups in total. The molecule has 0 spiro atoms. The SMILES string of the molecule is CC=C(C)NOC(C)CO. The van der Waals surface area contributed by atoms with E-state index in [0.29, 0.717) is 0 Å². The van der Waals surface area contributed by atoms with Gasteiger partial charge in [0.2, 0.25) is 0 Å². The lowest BCUT2D eigenvalue weighted by Gasteiger charge is -2.10. The van der Waals surface area contributed by atoms with E-state index < -0.39 is 0 Å². The summed E-state index contributed by atoms with van der Waals surface area (Å²) in [7, 11) is 0. The molecule has 0 amide bonds. The Morgan fingerprint density at radius 2 is 2.40 bits per heavy atom. The van der Waals surface area contributed by atoms with Crippen molar-refractivity contribution in [3.8, 4) is 0 Å². The molecule has 0 heterocycles. The Hall–Kier alpha value is -0.540. The number of aliphatic hydroxyl groups excluding tert-OH is 1. The Morgan fingerprint density at radius 3 is 2.80 bits per heavy atom. The van der Waals surface area contributed by atoms with Crippen molar-refractivity contribution in [3.63, 3.8) is 0 Å². The fraction of sp³-hybridized carbons (Fsp3) is 0.714. The second kappa shape index (κ2) is 5.26. The summed E-state index contributed by atoms with van der Waals surface area (Å²) in [4.78, 5) is 4.98. The zero-order chi connectivity index (χ0) is 7.98. The van der Waals surface area contributed by atoms with Crippen LogP contribution in [0.15, 0.2) is 11.8 Å². The smallest absolute Gasteiger partial charge is 0.106 e. The average Bonchev–Trinajstić information content (AvgIpc) is 1.99. The van der Waals surface area contributed by atoms with Crippen LogP contribution in [0.2, 0.25) is 0 Å². The lowest BCUT2D eigenvalue weighted by Crippen LogP contribution is -2.22. The number of hydrogen-bond acceptors (Lipinski definition) is 3. The van der Waals surface area contributed by atoms with E-state index in [4.69, 9.17) is 9.94 Å². The molecule has 3 nitrogen and oxygen atoms in total. The van der Waals surface area contributed by atoms with Crippen molar-refractivity contribution < 1.29 is 9.94 Å². The minimum Gasteiger partial charge on any atom is -0.394 e. The normalized spacial score (nSPS) is 15.0. The van der Waals surface area contributed by atoms with Crippen LogP contribution in [0, 0.1) is 0 Å². The van der Waals surface area contributed by atoms with Crippen LogP contribution in [-0.2, 0) is 4.84 Å². The number of hydroxylamine groups is 1. The molecule has 0 aromatic carbocycles. The van der Waals surface area contributed by atoms with E-state index in [1.165, 1.54) is 0 Å². The highest BCUT2D eigenvalue weighted by Gasteiger charge is 1.97. The summed E-state index contributed by atoms with van der Waals surface area (Å²) in [5.74, 6) is 0. The van der Waals surface area contributed by atoms with Crippen molar-refractivity contribution in [3.05, 3.63) is 11.8 Å². The molecule has 0 bridgehead atoms. The van der Waals surface area contributed by atoms with E-state index in [2.05, 4.69) is 5.48 Å². The molecule has 1 unspecified atom stereocenters.